The summed E-state index contributed by atoms with van der Waals surface area (Å²) in [5, 5.41) is 11.4. The molecule has 0 aromatic carbocycles. The molecule has 1 N–H and O–H groups in total. The Morgan fingerprint density at radius 3 is 2.61 bits per heavy atom. The molecular formula is C28H44O7Si. The molecule has 5 aliphatic rings. The molecule has 1 saturated heterocycles. The third-order valence-electron chi connectivity index (χ3n) is 11.2. The number of carbonyl (C=O) groups excluding carboxylic acids is 2. The van der Waals surface area contributed by atoms with Crippen LogP contribution in [0.25, 0.3) is 0 Å². The zero-order valence-corrected chi connectivity index (χ0v) is 23.8. The van der Waals surface area contributed by atoms with Gasteiger partial charge in [0.05, 0.1) is 32.3 Å². The molecule has 1 spiro atoms. The molecule has 8 heteroatoms. The molecule has 0 unspecified atom stereocenters. The molecule has 1 aliphatic heterocycles. The van der Waals surface area contributed by atoms with Gasteiger partial charge in [-0.2, -0.15) is 0 Å². The van der Waals surface area contributed by atoms with Gasteiger partial charge in [0, 0.05) is 17.9 Å². The highest BCUT2D eigenvalue weighted by atomic mass is 28.4. The van der Waals surface area contributed by atoms with Gasteiger partial charge in [0.1, 0.15) is 11.0 Å². The van der Waals surface area contributed by atoms with Gasteiger partial charge in [0.15, 0.2) is 8.32 Å². The largest absolute Gasteiger partial charge is 0.469 e. The Bertz CT molecular complexity index is 943. The van der Waals surface area contributed by atoms with Crippen LogP contribution in [-0.2, 0) is 28.2 Å². The SMILES string of the molecule is C=CCOC[C@]12C(=O)O[C@]3(CC[C@@H]1O)[C@@H]1CC[C@@H]4C[C@]1(C[C@@H]4O[Si](C)(C)C(C)(C)C)[C@@H](C(=O)OC)[C@@H]32. The molecular weight excluding hydrogens is 476 g/mol. The van der Waals surface area contributed by atoms with Gasteiger partial charge < -0.3 is 23.7 Å². The van der Waals surface area contributed by atoms with E-state index in [1.54, 1.807) is 6.08 Å². The van der Waals surface area contributed by atoms with Gasteiger partial charge in [-0.3, -0.25) is 9.59 Å². The molecule has 4 aliphatic carbocycles. The number of methoxy groups -OCH3 is 1. The molecule has 4 saturated carbocycles. The van der Waals surface area contributed by atoms with Crippen molar-refractivity contribution in [3.63, 3.8) is 0 Å². The van der Waals surface area contributed by atoms with E-state index in [1.807, 2.05) is 0 Å². The van der Waals surface area contributed by atoms with Crippen molar-refractivity contribution >= 4 is 20.3 Å². The third-order valence-corrected chi connectivity index (χ3v) is 15.7. The Morgan fingerprint density at radius 1 is 1.25 bits per heavy atom. The number of esters is 2. The van der Waals surface area contributed by atoms with Crippen molar-refractivity contribution in [1.82, 2.24) is 0 Å². The van der Waals surface area contributed by atoms with Crippen LogP contribution >= 0.6 is 0 Å². The maximum absolute atomic E-state index is 13.7. The minimum atomic E-state index is -2.02. The molecule has 0 aromatic rings. The Balaban J connectivity index is 1.59. The number of rotatable bonds is 7. The smallest absolute Gasteiger partial charge is 0.318 e. The molecule has 4 bridgehead atoms. The van der Waals surface area contributed by atoms with Crippen LogP contribution in [0, 0.1) is 34.5 Å². The molecule has 9 atom stereocenters. The highest BCUT2D eigenvalue weighted by Crippen LogP contribution is 2.77. The van der Waals surface area contributed by atoms with Crippen LogP contribution in [0.4, 0.5) is 0 Å². The predicted molar refractivity (Wildman–Crippen MR) is 136 cm³/mol. The molecule has 7 nitrogen and oxygen atoms in total. The molecule has 202 valence electrons. The van der Waals surface area contributed by atoms with Crippen LogP contribution in [0.5, 0.6) is 0 Å². The Kier molecular flexibility index (Phi) is 6.15. The maximum Gasteiger partial charge on any atom is 0.318 e. The summed E-state index contributed by atoms with van der Waals surface area (Å²) in [6, 6.07) is 0. The highest BCUT2D eigenvalue weighted by Gasteiger charge is 2.85. The zero-order valence-electron chi connectivity index (χ0n) is 22.8. The van der Waals surface area contributed by atoms with Crippen LogP contribution in [0.15, 0.2) is 12.7 Å². The lowest BCUT2D eigenvalue weighted by Crippen LogP contribution is -2.57. The van der Waals surface area contributed by atoms with Gasteiger partial charge in [-0.1, -0.05) is 26.8 Å². The summed E-state index contributed by atoms with van der Waals surface area (Å²) in [5.74, 6) is -1.27. The predicted octanol–water partition coefficient (Wildman–Crippen LogP) is 4.24. The second kappa shape index (κ2) is 8.39. The summed E-state index contributed by atoms with van der Waals surface area (Å²) in [6.07, 6.45) is 5.42. The first-order valence-electron chi connectivity index (χ1n) is 13.7. The van der Waals surface area contributed by atoms with Crippen molar-refractivity contribution in [2.45, 2.75) is 95.2 Å². The number of aliphatic hydroxyl groups excluding tert-OH is 1. The first-order chi connectivity index (χ1) is 16.8. The van der Waals surface area contributed by atoms with E-state index in [9.17, 15) is 14.7 Å². The minimum Gasteiger partial charge on any atom is -0.469 e. The number of ether oxygens (including phenoxy) is 3. The Hall–Kier alpha value is -1.22. The number of fused-ring (bicyclic) bond motifs is 1. The zero-order chi connectivity index (χ0) is 26.3. The number of aliphatic hydroxyl groups is 1. The summed E-state index contributed by atoms with van der Waals surface area (Å²) >= 11 is 0. The average molecular weight is 521 g/mol. The fraction of sp³-hybridized carbons (Fsp3) is 0.857. The van der Waals surface area contributed by atoms with E-state index < -0.39 is 43.2 Å². The second-order valence-corrected chi connectivity index (χ2v) is 18.4. The fourth-order valence-electron chi connectivity index (χ4n) is 8.87. The maximum atomic E-state index is 13.7. The molecule has 5 fully saturated rings. The van der Waals surface area contributed by atoms with Gasteiger partial charge in [-0.15, -0.1) is 6.58 Å². The number of carbonyl (C=O) groups is 2. The number of hydrogen-bond acceptors (Lipinski definition) is 7. The molecule has 5 rings (SSSR count). The van der Waals surface area contributed by atoms with Crippen LogP contribution in [0.1, 0.15) is 59.3 Å². The van der Waals surface area contributed by atoms with E-state index in [-0.39, 0.29) is 41.7 Å². The Morgan fingerprint density at radius 2 is 1.97 bits per heavy atom. The molecule has 0 amide bonds. The van der Waals surface area contributed by atoms with Crippen LogP contribution < -0.4 is 0 Å². The summed E-state index contributed by atoms with van der Waals surface area (Å²) in [6.45, 7) is 15.4. The van der Waals surface area contributed by atoms with E-state index in [2.05, 4.69) is 40.4 Å². The normalized spacial score (nSPS) is 45.1. The monoisotopic (exact) mass is 520 g/mol. The van der Waals surface area contributed by atoms with E-state index in [4.69, 9.17) is 18.6 Å². The van der Waals surface area contributed by atoms with Gasteiger partial charge in [0.2, 0.25) is 0 Å². The molecule has 36 heavy (non-hydrogen) atoms. The standard InChI is InChI=1S/C28H44O7Si/c1-8-13-33-16-27-20(29)11-12-28(34-24(27)31)19-10-9-17-14-26(19,21(22(27)28)23(30)32-5)15-18(17)35-36(6,7)25(2,3)4/h8,17-22,29H,1,9-16H2,2-7H3/t17-,18+,19-,20+,21-,22-,26-,27+,28-/m1/s1. The van der Waals surface area contributed by atoms with Crippen molar-refractivity contribution in [2.75, 3.05) is 20.3 Å². The lowest BCUT2D eigenvalue weighted by Gasteiger charge is -2.45. The van der Waals surface area contributed by atoms with E-state index in [0.29, 0.717) is 18.8 Å². The molecule has 0 aromatic heterocycles. The quantitative estimate of drug-likeness (QED) is 0.232. The van der Waals surface area contributed by atoms with Gasteiger partial charge >= 0.3 is 11.9 Å². The molecule has 1 heterocycles. The van der Waals surface area contributed by atoms with Crippen LogP contribution in [0.2, 0.25) is 18.1 Å². The minimum absolute atomic E-state index is 0.0229. The van der Waals surface area contributed by atoms with Crippen molar-refractivity contribution in [1.29, 1.82) is 0 Å². The topological polar surface area (TPSA) is 91.3 Å². The van der Waals surface area contributed by atoms with Crippen molar-refractivity contribution in [3.8, 4) is 0 Å². The third kappa shape index (κ3) is 3.26. The van der Waals surface area contributed by atoms with Crippen molar-refractivity contribution in [3.05, 3.63) is 12.7 Å². The van der Waals surface area contributed by atoms with E-state index >= 15 is 0 Å². The number of hydrogen-bond donors (Lipinski definition) is 1. The summed E-state index contributed by atoms with van der Waals surface area (Å²) in [4.78, 5) is 27.3. The van der Waals surface area contributed by atoms with Gasteiger partial charge in [0.25, 0.3) is 0 Å². The van der Waals surface area contributed by atoms with Gasteiger partial charge in [-0.05, 0) is 68.0 Å². The Labute approximate surface area is 216 Å². The van der Waals surface area contributed by atoms with Crippen LogP contribution in [-0.4, -0.2) is 63.5 Å². The molecule has 0 radical (unpaired) electrons. The van der Waals surface area contributed by atoms with Gasteiger partial charge in [-0.25, -0.2) is 0 Å². The van der Waals surface area contributed by atoms with E-state index in [0.717, 1.165) is 25.7 Å². The summed E-state index contributed by atoms with van der Waals surface area (Å²) in [7, 11) is -0.588. The van der Waals surface area contributed by atoms with Crippen molar-refractivity contribution in [2.24, 2.45) is 34.5 Å². The fourth-order valence-corrected chi connectivity index (χ4v) is 10.3. The first-order valence-corrected chi connectivity index (χ1v) is 16.6. The lowest BCUT2D eigenvalue weighted by molar-refractivity contribution is -0.168. The summed E-state index contributed by atoms with van der Waals surface area (Å²) < 4.78 is 24.7. The first kappa shape index (κ1) is 26.4. The highest BCUT2D eigenvalue weighted by molar-refractivity contribution is 6.74. The average Bonchev–Trinajstić information content (AvgIpc) is 3.28. The van der Waals surface area contributed by atoms with Crippen LogP contribution in [0.3, 0.4) is 0 Å². The van der Waals surface area contributed by atoms with Crippen molar-refractivity contribution < 1.29 is 33.3 Å². The summed E-state index contributed by atoms with van der Waals surface area (Å²) in [5.41, 5.74) is -2.38. The van der Waals surface area contributed by atoms with E-state index in [1.165, 1.54) is 7.11 Å². The second-order valence-electron chi connectivity index (χ2n) is 13.7. The lowest BCUT2D eigenvalue weighted by atomic mass is 9.58.